The monoisotopic (exact) mass is 240 g/mol. The van der Waals surface area contributed by atoms with Crippen LogP contribution in [0.2, 0.25) is 5.02 Å². The molecule has 1 atom stereocenters. The van der Waals surface area contributed by atoms with E-state index in [0.717, 1.165) is 10.6 Å². The first-order chi connectivity index (χ1) is 7.20. The van der Waals surface area contributed by atoms with Gasteiger partial charge in [0.05, 0.1) is 10.6 Å². The zero-order valence-corrected chi connectivity index (χ0v) is 9.59. The van der Waals surface area contributed by atoms with E-state index in [1.54, 1.807) is 12.1 Å². The van der Waals surface area contributed by atoms with E-state index in [9.17, 15) is 5.11 Å². The second-order valence-corrected chi connectivity index (χ2v) is 4.34. The molecule has 0 bridgehead atoms. The van der Waals surface area contributed by atoms with Gasteiger partial charge in [-0.25, -0.2) is 0 Å². The molecule has 0 saturated heterocycles. The maximum Gasteiger partial charge on any atom is 0.118 e. The molecule has 1 N–H and O–H groups in total. The van der Waals surface area contributed by atoms with E-state index in [1.807, 2.05) is 19.1 Å². The predicted octanol–water partition coefficient (Wildman–Crippen LogP) is 2.58. The average Bonchev–Trinajstić information content (AvgIpc) is 2.64. The fourth-order valence-corrected chi connectivity index (χ4v) is 2.22. The van der Waals surface area contributed by atoms with Gasteiger partial charge in [0.15, 0.2) is 0 Å². The highest BCUT2D eigenvalue weighted by Gasteiger charge is 2.18. The minimum Gasteiger partial charge on any atom is -0.383 e. The number of nitrogens with zero attached hydrogens (tertiary/aromatic N) is 2. The van der Waals surface area contributed by atoms with Crippen LogP contribution in [-0.2, 0) is 0 Å². The molecule has 0 spiro atoms. The summed E-state index contributed by atoms with van der Waals surface area (Å²) in [5.74, 6) is 0. The lowest BCUT2D eigenvalue weighted by Gasteiger charge is -2.10. The number of aliphatic hydroxyl groups is 1. The predicted molar refractivity (Wildman–Crippen MR) is 60.2 cm³/mol. The fourth-order valence-electron chi connectivity index (χ4n) is 1.33. The lowest BCUT2D eigenvalue weighted by molar-refractivity contribution is 0.223. The van der Waals surface area contributed by atoms with E-state index in [0.29, 0.717) is 10.6 Å². The van der Waals surface area contributed by atoms with Crippen molar-refractivity contribution in [3.8, 4) is 0 Å². The van der Waals surface area contributed by atoms with Crippen molar-refractivity contribution < 1.29 is 5.11 Å². The number of benzene rings is 1. The van der Waals surface area contributed by atoms with Crippen LogP contribution in [0.5, 0.6) is 0 Å². The van der Waals surface area contributed by atoms with Gasteiger partial charge in [0.1, 0.15) is 6.10 Å². The molecule has 5 heteroatoms. The molecule has 0 fully saturated rings. The van der Waals surface area contributed by atoms with Crippen molar-refractivity contribution in [2.45, 2.75) is 13.0 Å². The van der Waals surface area contributed by atoms with Crippen LogP contribution in [0.4, 0.5) is 0 Å². The molecule has 3 nitrogen and oxygen atoms in total. The van der Waals surface area contributed by atoms with Crippen molar-refractivity contribution in [1.29, 1.82) is 0 Å². The number of aromatic nitrogens is 2. The Morgan fingerprint density at radius 2 is 2.13 bits per heavy atom. The molecule has 2 rings (SSSR count). The van der Waals surface area contributed by atoms with Crippen molar-refractivity contribution in [3.05, 3.63) is 45.4 Å². The zero-order chi connectivity index (χ0) is 10.8. The van der Waals surface area contributed by atoms with Crippen molar-refractivity contribution in [2.24, 2.45) is 0 Å². The highest BCUT2D eigenvalue weighted by molar-refractivity contribution is 7.05. The number of aryl methyl sites for hydroxylation is 1. The summed E-state index contributed by atoms with van der Waals surface area (Å²) in [6.07, 6.45) is -0.737. The van der Waals surface area contributed by atoms with Gasteiger partial charge < -0.3 is 5.11 Å². The van der Waals surface area contributed by atoms with Gasteiger partial charge in [0, 0.05) is 10.6 Å². The standard InChI is InChI=1S/C10H9ClN2OS/c1-6-10(15-13-12-6)9(14)7-4-2-3-5-8(7)11/h2-5,9,14H,1H3. The molecule has 0 radical (unpaired) electrons. The molecule has 1 unspecified atom stereocenters. The summed E-state index contributed by atoms with van der Waals surface area (Å²) >= 11 is 7.18. The molecule has 0 aliphatic rings. The molecule has 1 heterocycles. The summed E-state index contributed by atoms with van der Waals surface area (Å²) in [7, 11) is 0. The highest BCUT2D eigenvalue weighted by Crippen LogP contribution is 2.30. The SMILES string of the molecule is Cc1nnsc1C(O)c1ccccc1Cl. The summed E-state index contributed by atoms with van der Waals surface area (Å²) in [5, 5.41) is 14.5. The van der Waals surface area contributed by atoms with Crippen LogP contribution in [-0.4, -0.2) is 14.7 Å². The normalized spacial score (nSPS) is 12.7. The first-order valence-corrected chi connectivity index (χ1v) is 5.56. The Hall–Kier alpha value is -0.970. The lowest BCUT2D eigenvalue weighted by Crippen LogP contribution is -1.99. The molecular weight excluding hydrogens is 232 g/mol. The maximum absolute atomic E-state index is 10.1. The Labute approximate surface area is 96.5 Å². The molecule has 0 amide bonds. The van der Waals surface area contributed by atoms with Crippen LogP contribution in [0.1, 0.15) is 22.2 Å². The second kappa shape index (κ2) is 4.26. The van der Waals surface area contributed by atoms with Gasteiger partial charge in [-0.15, -0.1) is 5.10 Å². The largest absolute Gasteiger partial charge is 0.383 e. The summed E-state index contributed by atoms with van der Waals surface area (Å²) in [4.78, 5) is 0.739. The fraction of sp³-hybridized carbons (Fsp3) is 0.200. The molecular formula is C10H9ClN2OS. The smallest absolute Gasteiger partial charge is 0.118 e. The number of hydrogen-bond acceptors (Lipinski definition) is 4. The van der Waals surface area contributed by atoms with Gasteiger partial charge in [-0.05, 0) is 24.5 Å². The van der Waals surface area contributed by atoms with Crippen molar-refractivity contribution >= 4 is 23.1 Å². The minimum absolute atomic E-state index is 0.554. The number of aliphatic hydroxyl groups excluding tert-OH is 1. The van der Waals surface area contributed by atoms with Gasteiger partial charge in [-0.1, -0.05) is 34.3 Å². The lowest BCUT2D eigenvalue weighted by atomic mass is 10.1. The number of rotatable bonds is 2. The Balaban J connectivity index is 2.41. The summed E-state index contributed by atoms with van der Waals surface area (Å²) in [6, 6.07) is 7.22. The van der Waals surface area contributed by atoms with Crippen LogP contribution in [0.15, 0.2) is 24.3 Å². The number of halogens is 1. The number of hydrogen-bond donors (Lipinski definition) is 1. The van der Waals surface area contributed by atoms with Crippen LogP contribution >= 0.6 is 23.1 Å². The molecule has 0 aliphatic heterocycles. The Kier molecular flexibility index (Phi) is 3.00. The van der Waals surface area contributed by atoms with Crippen LogP contribution in [0.3, 0.4) is 0 Å². The van der Waals surface area contributed by atoms with Crippen LogP contribution in [0, 0.1) is 6.92 Å². The van der Waals surface area contributed by atoms with Gasteiger partial charge >= 0.3 is 0 Å². The third-order valence-electron chi connectivity index (χ3n) is 2.13. The van der Waals surface area contributed by atoms with Crippen LogP contribution in [0.25, 0.3) is 0 Å². The minimum atomic E-state index is -0.737. The van der Waals surface area contributed by atoms with E-state index < -0.39 is 6.10 Å². The average molecular weight is 241 g/mol. The summed E-state index contributed by atoms with van der Waals surface area (Å²) in [6.45, 7) is 1.82. The first-order valence-electron chi connectivity index (χ1n) is 4.41. The van der Waals surface area contributed by atoms with Gasteiger partial charge in [-0.3, -0.25) is 0 Å². The molecule has 0 saturated carbocycles. The Bertz CT molecular complexity index is 472. The third-order valence-corrected chi connectivity index (χ3v) is 3.36. The van der Waals surface area contributed by atoms with Crippen molar-refractivity contribution in [2.75, 3.05) is 0 Å². The highest BCUT2D eigenvalue weighted by atomic mass is 35.5. The van der Waals surface area contributed by atoms with Gasteiger partial charge in [0.25, 0.3) is 0 Å². The van der Waals surface area contributed by atoms with E-state index in [2.05, 4.69) is 9.59 Å². The summed E-state index contributed by atoms with van der Waals surface area (Å²) in [5.41, 5.74) is 1.43. The van der Waals surface area contributed by atoms with E-state index in [1.165, 1.54) is 11.5 Å². The van der Waals surface area contributed by atoms with Crippen molar-refractivity contribution in [1.82, 2.24) is 9.59 Å². The molecule has 0 aliphatic carbocycles. The second-order valence-electron chi connectivity index (χ2n) is 3.15. The van der Waals surface area contributed by atoms with E-state index >= 15 is 0 Å². The molecule has 2 aromatic rings. The van der Waals surface area contributed by atoms with Gasteiger partial charge in [-0.2, -0.15) is 0 Å². The van der Waals surface area contributed by atoms with Crippen molar-refractivity contribution in [3.63, 3.8) is 0 Å². The molecule has 78 valence electrons. The van der Waals surface area contributed by atoms with Gasteiger partial charge in [0.2, 0.25) is 0 Å². The topological polar surface area (TPSA) is 46.0 Å². The maximum atomic E-state index is 10.1. The zero-order valence-electron chi connectivity index (χ0n) is 8.01. The Morgan fingerprint density at radius 1 is 1.40 bits per heavy atom. The third kappa shape index (κ3) is 2.02. The van der Waals surface area contributed by atoms with Crippen LogP contribution < -0.4 is 0 Å². The quantitative estimate of drug-likeness (QED) is 0.878. The summed E-state index contributed by atoms with van der Waals surface area (Å²) < 4.78 is 3.79. The van der Waals surface area contributed by atoms with E-state index in [-0.39, 0.29) is 0 Å². The van der Waals surface area contributed by atoms with E-state index in [4.69, 9.17) is 11.6 Å². The molecule has 15 heavy (non-hydrogen) atoms. The molecule has 1 aromatic carbocycles. The molecule has 1 aromatic heterocycles. The Morgan fingerprint density at radius 3 is 2.73 bits per heavy atom. The first kappa shape index (κ1) is 10.5.